The number of hydrogen-bond acceptors (Lipinski definition) is 5. The van der Waals surface area contributed by atoms with Crippen LogP contribution >= 0.6 is 35.6 Å². The van der Waals surface area contributed by atoms with Crippen LogP contribution in [0.25, 0.3) is 0 Å². The van der Waals surface area contributed by atoms with E-state index in [0.717, 1.165) is 37.1 Å². The molecule has 1 atom stereocenters. The number of phenols is 2. The topological polar surface area (TPSA) is 72.8 Å². The van der Waals surface area contributed by atoms with Gasteiger partial charge in [0.2, 0.25) is 0 Å². The lowest BCUT2D eigenvalue weighted by Gasteiger charge is -2.41. The quantitative estimate of drug-likeness (QED) is 0.573. The summed E-state index contributed by atoms with van der Waals surface area (Å²) >= 11 is 12.2. The highest BCUT2D eigenvalue weighted by Gasteiger charge is 2.45. The minimum atomic E-state index is -0.949. The molecule has 5 nitrogen and oxygen atoms in total. The van der Waals surface area contributed by atoms with E-state index in [1.54, 1.807) is 18.2 Å². The van der Waals surface area contributed by atoms with Gasteiger partial charge in [-0.2, -0.15) is 0 Å². The van der Waals surface area contributed by atoms with Crippen molar-refractivity contribution in [2.75, 3.05) is 26.2 Å². The van der Waals surface area contributed by atoms with Gasteiger partial charge in [-0.25, -0.2) is 0 Å². The summed E-state index contributed by atoms with van der Waals surface area (Å²) in [6, 6.07) is 8.47. The van der Waals surface area contributed by atoms with Gasteiger partial charge < -0.3 is 15.1 Å². The molecule has 0 aliphatic carbocycles. The van der Waals surface area contributed by atoms with E-state index in [1.807, 2.05) is 6.07 Å². The predicted octanol–water partition coefficient (Wildman–Crippen LogP) is 4.08. The standard InChI is InChI=1S/C22H24Cl2N2O3.ClH/c23-17-5-3-14(11-18(17)24)12-20(28)22(13-26-9-1-2-10-26)16-4-6-19(27)21(29)15(16)7-8-25-22;/h3-6,11,25,27,29H,1-2,7-10,12-13H2;1H. The zero-order valence-electron chi connectivity index (χ0n) is 16.5. The van der Waals surface area contributed by atoms with Crippen molar-refractivity contribution in [3.05, 3.63) is 57.1 Å². The van der Waals surface area contributed by atoms with Crippen LogP contribution in [0.1, 0.15) is 29.5 Å². The number of benzene rings is 2. The summed E-state index contributed by atoms with van der Waals surface area (Å²) in [6.07, 6.45) is 2.98. The molecular weight excluding hydrogens is 447 g/mol. The van der Waals surface area contributed by atoms with Gasteiger partial charge >= 0.3 is 0 Å². The number of nitrogens with one attached hydrogen (secondary N) is 1. The second kappa shape index (κ2) is 9.33. The number of nitrogens with zero attached hydrogens (tertiary/aromatic N) is 1. The van der Waals surface area contributed by atoms with Gasteiger partial charge in [0.1, 0.15) is 5.54 Å². The van der Waals surface area contributed by atoms with Crippen LogP contribution in [-0.2, 0) is 23.2 Å². The third kappa shape index (κ3) is 4.27. The van der Waals surface area contributed by atoms with Crippen LogP contribution in [0.5, 0.6) is 11.5 Å². The molecule has 0 spiro atoms. The smallest absolute Gasteiger partial charge is 0.163 e. The van der Waals surface area contributed by atoms with Crippen molar-refractivity contribution in [3.8, 4) is 11.5 Å². The van der Waals surface area contributed by atoms with Crippen molar-refractivity contribution >= 4 is 41.4 Å². The van der Waals surface area contributed by atoms with Gasteiger partial charge in [-0.1, -0.05) is 35.3 Å². The van der Waals surface area contributed by atoms with Crippen molar-refractivity contribution < 1.29 is 15.0 Å². The number of aromatic hydroxyl groups is 2. The first kappa shape index (κ1) is 23.2. The third-order valence-corrected chi connectivity index (χ3v) is 6.75. The van der Waals surface area contributed by atoms with E-state index in [1.165, 1.54) is 6.07 Å². The molecule has 0 saturated carbocycles. The van der Waals surface area contributed by atoms with Gasteiger partial charge in [0.15, 0.2) is 17.3 Å². The van der Waals surface area contributed by atoms with Gasteiger partial charge in [-0.3, -0.25) is 10.1 Å². The Balaban J connectivity index is 0.00000256. The largest absolute Gasteiger partial charge is 0.504 e. The van der Waals surface area contributed by atoms with E-state index >= 15 is 0 Å². The summed E-state index contributed by atoms with van der Waals surface area (Å²) in [6.45, 7) is 2.97. The van der Waals surface area contributed by atoms with Crippen LogP contribution in [0.15, 0.2) is 30.3 Å². The highest BCUT2D eigenvalue weighted by Crippen LogP contribution is 2.40. The minimum Gasteiger partial charge on any atom is -0.504 e. The fraction of sp³-hybridized carbons (Fsp3) is 0.409. The molecule has 162 valence electrons. The molecule has 2 aliphatic rings. The molecule has 1 fully saturated rings. The lowest BCUT2D eigenvalue weighted by atomic mass is 9.76. The Morgan fingerprint density at radius 1 is 1.10 bits per heavy atom. The number of carbonyl (C=O) groups excluding carboxylic acids is 1. The third-order valence-electron chi connectivity index (χ3n) is 6.01. The number of ketones is 1. The maximum absolute atomic E-state index is 13.7. The van der Waals surface area contributed by atoms with E-state index in [0.29, 0.717) is 35.1 Å². The molecule has 8 heteroatoms. The van der Waals surface area contributed by atoms with E-state index < -0.39 is 5.54 Å². The van der Waals surface area contributed by atoms with E-state index in [9.17, 15) is 15.0 Å². The number of phenolic OH excluding ortho intramolecular Hbond substituents is 2. The molecule has 0 radical (unpaired) electrons. The van der Waals surface area contributed by atoms with Crippen LogP contribution in [0.2, 0.25) is 10.0 Å². The Labute approximate surface area is 192 Å². The summed E-state index contributed by atoms with van der Waals surface area (Å²) in [4.78, 5) is 16.0. The molecule has 2 aromatic carbocycles. The van der Waals surface area contributed by atoms with E-state index in [4.69, 9.17) is 23.2 Å². The van der Waals surface area contributed by atoms with Gasteiger partial charge in [0.25, 0.3) is 0 Å². The lowest BCUT2D eigenvalue weighted by molar-refractivity contribution is -0.126. The van der Waals surface area contributed by atoms with Crippen LogP contribution < -0.4 is 5.32 Å². The summed E-state index contributed by atoms with van der Waals surface area (Å²) < 4.78 is 0. The molecular formula is C22H25Cl3N2O3. The molecule has 2 aromatic rings. The zero-order chi connectivity index (χ0) is 20.6. The average molecular weight is 472 g/mol. The number of carbonyl (C=O) groups is 1. The van der Waals surface area contributed by atoms with Crippen LogP contribution in [0.3, 0.4) is 0 Å². The van der Waals surface area contributed by atoms with E-state index in [-0.39, 0.29) is 36.1 Å². The molecule has 0 bridgehead atoms. The number of fused-ring (bicyclic) bond motifs is 1. The van der Waals surface area contributed by atoms with Crippen LogP contribution in [0, 0.1) is 0 Å². The first-order valence-electron chi connectivity index (χ1n) is 9.89. The average Bonchev–Trinajstić information content (AvgIpc) is 3.21. The Kier molecular flexibility index (Phi) is 7.20. The van der Waals surface area contributed by atoms with Crippen molar-refractivity contribution in [1.82, 2.24) is 10.2 Å². The van der Waals surface area contributed by atoms with Gasteiger partial charge in [-0.05, 0) is 61.7 Å². The number of hydrogen-bond donors (Lipinski definition) is 3. The van der Waals surface area contributed by atoms with Crippen molar-refractivity contribution in [2.45, 2.75) is 31.2 Å². The van der Waals surface area contributed by atoms with Crippen molar-refractivity contribution in [2.24, 2.45) is 0 Å². The maximum atomic E-state index is 13.7. The van der Waals surface area contributed by atoms with E-state index in [2.05, 4.69) is 10.2 Å². The number of rotatable bonds is 5. The molecule has 3 N–H and O–H groups in total. The maximum Gasteiger partial charge on any atom is 0.163 e. The molecule has 0 amide bonds. The monoisotopic (exact) mass is 470 g/mol. The highest BCUT2D eigenvalue weighted by molar-refractivity contribution is 6.42. The molecule has 1 saturated heterocycles. The number of halogens is 3. The van der Waals surface area contributed by atoms with Crippen LogP contribution in [-0.4, -0.2) is 47.1 Å². The zero-order valence-corrected chi connectivity index (χ0v) is 18.8. The Morgan fingerprint density at radius 2 is 1.83 bits per heavy atom. The second-order valence-corrected chi connectivity index (χ2v) is 8.69. The second-order valence-electron chi connectivity index (χ2n) is 7.87. The fourth-order valence-corrected chi connectivity index (χ4v) is 4.83. The summed E-state index contributed by atoms with van der Waals surface area (Å²) in [5.74, 6) is -0.274. The molecule has 4 rings (SSSR count). The summed E-state index contributed by atoms with van der Waals surface area (Å²) in [7, 11) is 0. The van der Waals surface area contributed by atoms with Gasteiger partial charge in [0, 0.05) is 25.1 Å². The Morgan fingerprint density at radius 3 is 2.53 bits per heavy atom. The minimum absolute atomic E-state index is 0. The van der Waals surface area contributed by atoms with Gasteiger partial charge in [-0.15, -0.1) is 12.4 Å². The molecule has 2 aliphatic heterocycles. The van der Waals surface area contributed by atoms with Gasteiger partial charge in [0.05, 0.1) is 10.0 Å². The molecule has 2 heterocycles. The number of Topliss-reactive ketones (excluding diaryl/α,β-unsaturated/α-hetero) is 1. The molecule has 1 unspecified atom stereocenters. The Bertz CT molecular complexity index is 947. The SMILES string of the molecule is Cl.O=C(Cc1ccc(Cl)c(Cl)c1)C1(CN2CCCC2)NCCc2c1ccc(O)c2O. The Hall–Kier alpha value is -1.50. The summed E-state index contributed by atoms with van der Waals surface area (Å²) in [5.41, 5.74) is 1.23. The molecule has 0 aromatic heterocycles. The summed E-state index contributed by atoms with van der Waals surface area (Å²) in [5, 5.41) is 24.7. The van der Waals surface area contributed by atoms with Crippen molar-refractivity contribution in [3.63, 3.8) is 0 Å². The fourth-order valence-electron chi connectivity index (χ4n) is 4.51. The molecule has 30 heavy (non-hydrogen) atoms. The van der Waals surface area contributed by atoms with Crippen LogP contribution in [0.4, 0.5) is 0 Å². The highest BCUT2D eigenvalue weighted by atomic mass is 35.5. The normalized spacial score (nSPS) is 21.1. The predicted molar refractivity (Wildman–Crippen MR) is 121 cm³/mol. The number of likely N-dealkylation sites (tertiary alicyclic amines) is 1. The first-order chi connectivity index (χ1) is 13.9. The first-order valence-corrected chi connectivity index (χ1v) is 10.7. The van der Waals surface area contributed by atoms with Crippen molar-refractivity contribution in [1.29, 1.82) is 0 Å². The lowest BCUT2D eigenvalue weighted by Crippen LogP contribution is -2.59.